The summed E-state index contributed by atoms with van der Waals surface area (Å²) < 4.78 is 10.8. The number of amides is 1. The third-order valence-corrected chi connectivity index (χ3v) is 4.03. The van der Waals surface area contributed by atoms with Crippen molar-refractivity contribution in [3.63, 3.8) is 0 Å². The molecule has 102 valence electrons. The minimum Gasteiger partial charge on any atom is -0.454 e. The molecule has 0 unspecified atom stereocenters. The smallest absolute Gasteiger partial charge is 0.260 e. The van der Waals surface area contributed by atoms with Crippen LogP contribution in [0.1, 0.15) is 21.5 Å². The third kappa shape index (κ3) is 1.35. The Labute approximate surface area is 120 Å². The molecule has 1 amide bonds. The fourth-order valence-electron chi connectivity index (χ4n) is 3.00. The van der Waals surface area contributed by atoms with Crippen LogP contribution in [0.25, 0.3) is 0 Å². The maximum Gasteiger partial charge on any atom is 0.260 e. The van der Waals surface area contributed by atoms with Crippen LogP contribution in [0, 0.1) is 0 Å². The normalized spacial score (nSPS) is 17.2. The predicted molar refractivity (Wildman–Crippen MR) is 75.1 cm³/mol. The lowest BCUT2D eigenvalue weighted by Gasteiger charge is -2.23. The fourth-order valence-corrected chi connectivity index (χ4v) is 3.00. The summed E-state index contributed by atoms with van der Waals surface area (Å²) >= 11 is 0. The standard InChI is InChI=1S/C16H10N2O3/c19-16-11-6-14-13(20-8-21-14)5-10(11)15-17-12-4-2-1-3-9(12)7-18(15)16/h1-6H,7-8H2. The first-order valence-corrected chi connectivity index (χ1v) is 6.74. The predicted octanol–water partition coefficient (Wildman–Crippen LogP) is 2.46. The van der Waals surface area contributed by atoms with Crippen molar-refractivity contribution in [3.05, 3.63) is 53.1 Å². The van der Waals surface area contributed by atoms with Crippen molar-refractivity contribution < 1.29 is 14.3 Å². The van der Waals surface area contributed by atoms with E-state index in [4.69, 9.17) is 9.47 Å². The summed E-state index contributed by atoms with van der Waals surface area (Å²) in [6, 6.07) is 11.5. The Bertz CT molecular complexity index is 841. The number of benzene rings is 2. The zero-order valence-electron chi connectivity index (χ0n) is 11.0. The van der Waals surface area contributed by atoms with Gasteiger partial charge in [-0.3, -0.25) is 9.69 Å². The highest BCUT2D eigenvalue weighted by molar-refractivity contribution is 6.24. The molecule has 3 aliphatic rings. The van der Waals surface area contributed by atoms with Crippen LogP contribution in [0.4, 0.5) is 5.69 Å². The highest BCUT2D eigenvalue weighted by atomic mass is 16.7. The summed E-state index contributed by atoms with van der Waals surface area (Å²) in [5.74, 6) is 1.97. The van der Waals surface area contributed by atoms with Gasteiger partial charge in [0.1, 0.15) is 5.84 Å². The van der Waals surface area contributed by atoms with E-state index in [1.54, 1.807) is 11.0 Å². The first-order valence-electron chi connectivity index (χ1n) is 6.74. The molecule has 0 aromatic heterocycles. The van der Waals surface area contributed by atoms with Crippen molar-refractivity contribution in [2.45, 2.75) is 6.54 Å². The minimum absolute atomic E-state index is 0.0310. The van der Waals surface area contributed by atoms with Crippen molar-refractivity contribution in [3.8, 4) is 11.5 Å². The lowest BCUT2D eigenvalue weighted by atomic mass is 10.1. The monoisotopic (exact) mass is 278 g/mol. The van der Waals surface area contributed by atoms with E-state index in [1.165, 1.54) is 0 Å². The lowest BCUT2D eigenvalue weighted by Crippen LogP contribution is -2.31. The van der Waals surface area contributed by atoms with Crippen LogP contribution >= 0.6 is 0 Å². The molecule has 3 aliphatic heterocycles. The third-order valence-electron chi connectivity index (χ3n) is 4.03. The Morgan fingerprint density at radius 3 is 2.67 bits per heavy atom. The molecule has 21 heavy (non-hydrogen) atoms. The number of amidine groups is 1. The molecule has 5 heteroatoms. The largest absolute Gasteiger partial charge is 0.454 e. The molecule has 0 bridgehead atoms. The molecule has 0 saturated carbocycles. The van der Waals surface area contributed by atoms with E-state index in [9.17, 15) is 4.79 Å². The SMILES string of the molecule is O=C1c2cc3c(cc2C2=Nc4ccccc4CN12)OCO3. The maximum atomic E-state index is 12.6. The highest BCUT2D eigenvalue weighted by Gasteiger charge is 2.38. The Balaban J connectivity index is 1.74. The molecule has 2 aromatic rings. The van der Waals surface area contributed by atoms with Gasteiger partial charge in [0.25, 0.3) is 5.91 Å². The molecule has 0 spiro atoms. The van der Waals surface area contributed by atoms with Crippen LogP contribution in [-0.2, 0) is 6.54 Å². The fraction of sp³-hybridized carbons (Fsp3) is 0.125. The van der Waals surface area contributed by atoms with E-state index < -0.39 is 0 Å². The number of para-hydroxylation sites is 1. The molecule has 0 N–H and O–H groups in total. The molecule has 0 atom stereocenters. The first kappa shape index (κ1) is 10.9. The quantitative estimate of drug-likeness (QED) is 0.743. The summed E-state index contributed by atoms with van der Waals surface area (Å²) in [6.45, 7) is 0.750. The first-order chi connectivity index (χ1) is 10.3. The Hall–Kier alpha value is -2.82. The molecule has 3 heterocycles. The number of aliphatic imine (C=N–C) groups is 1. The van der Waals surface area contributed by atoms with Gasteiger partial charge in [0.05, 0.1) is 17.8 Å². The average molecular weight is 278 g/mol. The molecule has 2 aromatic carbocycles. The lowest BCUT2D eigenvalue weighted by molar-refractivity contribution is 0.0851. The molecule has 5 rings (SSSR count). The van der Waals surface area contributed by atoms with Crippen molar-refractivity contribution in [1.82, 2.24) is 4.90 Å². The summed E-state index contributed by atoms with van der Waals surface area (Å²) in [5, 5.41) is 0. The van der Waals surface area contributed by atoms with Crippen LogP contribution in [0.15, 0.2) is 41.4 Å². The number of fused-ring (bicyclic) bond motifs is 5. The summed E-state index contributed by atoms with van der Waals surface area (Å²) in [4.78, 5) is 18.9. The van der Waals surface area contributed by atoms with Crippen molar-refractivity contribution in [2.75, 3.05) is 6.79 Å². The molecule has 0 fully saturated rings. The van der Waals surface area contributed by atoms with Crippen molar-refractivity contribution >= 4 is 17.4 Å². The van der Waals surface area contributed by atoms with Gasteiger partial charge in [-0.05, 0) is 23.8 Å². The van der Waals surface area contributed by atoms with E-state index >= 15 is 0 Å². The summed E-state index contributed by atoms with van der Waals surface area (Å²) in [7, 11) is 0. The van der Waals surface area contributed by atoms with Gasteiger partial charge in [-0.2, -0.15) is 0 Å². The van der Waals surface area contributed by atoms with Gasteiger partial charge in [0, 0.05) is 5.56 Å². The zero-order chi connectivity index (χ0) is 14.0. The number of rotatable bonds is 0. The van der Waals surface area contributed by atoms with Gasteiger partial charge in [-0.25, -0.2) is 4.99 Å². The second-order valence-electron chi connectivity index (χ2n) is 5.21. The highest BCUT2D eigenvalue weighted by Crippen LogP contribution is 2.40. The van der Waals surface area contributed by atoms with E-state index in [2.05, 4.69) is 4.99 Å². The van der Waals surface area contributed by atoms with Gasteiger partial charge in [0.2, 0.25) is 6.79 Å². The van der Waals surface area contributed by atoms with Gasteiger partial charge >= 0.3 is 0 Å². The number of carbonyl (C=O) groups is 1. The van der Waals surface area contributed by atoms with Gasteiger partial charge in [-0.15, -0.1) is 0 Å². The zero-order valence-corrected chi connectivity index (χ0v) is 11.0. The molecule has 5 nitrogen and oxygen atoms in total. The average Bonchev–Trinajstić information content (AvgIpc) is 3.08. The number of nitrogens with zero attached hydrogens (tertiary/aromatic N) is 2. The van der Waals surface area contributed by atoms with E-state index in [0.717, 1.165) is 16.8 Å². The molecular formula is C16H10N2O3. The van der Waals surface area contributed by atoms with E-state index in [-0.39, 0.29) is 12.7 Å². The van der Waals surface area contributed by atoms with Gasteiger partial charge < -0.3 is 9.47 Å². The minimum atomic E-state index is -0.0310. The molecule has 0 radical (unpaired) electrons. The summed E-state index contributed by atoms with van der Waals surface area (Å²) in [6.07, 6.45) is 0. The van der Waals surface area contributed by atoms with Crippen LogP contribution in [0.3, 0.4) is 0 Å². The van der Waals surface area contributed by atoms with Gasteiger partial charge in [-0.1, -0.05) is 18.2 Å². The van der Waals surface area contributed by atoms with Crippen LogP contribution in [0.5, 0.6) is 11.5 Å². The Morgan fingerprint density at radius 2 is 1.81 bits per heavy atom. The number of ether oxygens (including phenoxy) is 2. The second kappa shape index (κ2) is 3.63. The molecule has 0 aliphatic carbocycles. The van der Waals surface area contributed by atoms with Crippen LogP contribution < -0.4 is 9.47 Å². The Kier molecular flexibility index (Phi) is 1.89. The van der Waals surface area contributed by atoms with Crippen molar-refractivity contribution in [1.29, 1.82) is 0 Å². The number of hydrogen-bond donors (Lipinski definition) is 0. The van der Waals surface area contributed by atoms with Crippen LogP contribution in [-0.4, -0.2) is 23.4 Å². The second-order valence-corrected chi connectivity index (χ2v) is 5.21. The number of hydrogen-bond acceptors (Lipinski definition) is 4. The van der Waals surface area contributed by atoms with E-state index in [1.807, 2.05) is 30.3 Å². The van der Waals surface area contributed by atoms with Crippen molar-refractivity contribution in [2.24, 2.45) is 4.99 Å². The van der Waals surface area contributed by atoms with Gasteiger partial charge in [0.15, 0.2) is 11.5 Å². The molecule has 0 saturated heterocycles. The Morgan fingerprint density at radius 1 is 1.05 bits per heavy atom. The summed E-state index contributed by atoms with van der Waals surface area (Å²) in [5.41, 5.74) is 3.43. The molecular weight excluding hydrogens is 268 g/mol. The van der Waals surface area contributed by atoms with Crippen LogP contribution in [0.2, 0.25) is 0 Å². The topological polar surface area (TPSA) is 51.1 Å². The maximum absolute atomic E-state index is 12.6. The number of carbonyl (C=O) groups excluding carboxylic acids is 1. The van der Waals surface area contributed by atoms with E-state index in [0.29, 0.717) is 29.4 Å².